The van der Waals surface area contributed by atoms with Gasteiger partial charge in [-0.3, -0.25) is 4.90 Å². The molecule has 1 aliphatic rings. The zero-order valence-corrected chi connectivity index (χ0v) is 16.1. The molecular formula is C17H23Cl2N2O4+. The topological polar surface area (TPSA) is 66.8 Å². The normalized spacial score (nSPS) is 17.2. The van der Waals surface area contributed by atoms with E-state index in [0.29, 0.717) is 36.2 Å². The lowest BCUT2D eigenvalue weighted by atomic mass is 10.1. The average molecular weight is 390 g/mol. The number of rotatable bonds is 2. The number of carbonyl (C=O) groups excluding carboxylic acids is 1. The molecular weight excluding hydrogens is 367 g/mol. The van der Waals surface area contributed by atoms with Crippen LogP contribution in [0.3, 0.4) is 0 Å². The molecule has 0 aliphatic carbocycles. The van der Waals surface area contributed by atoms with Crippen molar-refractivity contribution in [2.45, 2.75) is 32.9 Å². The maximum atomic E-state index is 12.2. The molecule has 0 aromatic heterocycles. The lowest BCUT2D eigenvalue weighted by Crippen LogP contribution is -2.62. The fourth-order valence-electron chi connectivity index (χ4n) is 2.83. The Kier molecular flexibility index (Phi) is 5.86. The molecule has 138 valence electrons. The third-order valence-electron chi connectivity index (χ3n) is 4.06. The molecule has 1 N–H and O–H groups in total. The summed E-state index contributed by atoms with van der Waals surface area (Å²) in [5.41, 5.74) is 0.177. The molecule has 1 aliphatic heterocycles. The van der Waals surface area contributed by atoms with Crippen LogP contribution in [0.5, 0.6) is 0 Å². The van der Waals surface area contributed by atoms with E-state index in [0.717, 1.165) is 5.56 Å². The van der Waals surface area contributed by atoms with Gasteiger partial charge in [-0.2, -0.15) is 4.79 Å². The Labute approximate surface area is 157 Å². The van der Waals surface area contributed by atoms with Crippen molar-refractivity contribution >= 4 is 35.4 Å². The van der Waals surface area contributed by atoms with Crippen LogP contribution < -0.4 is 0 Å². The number of hydrogen-bond donors (Lipinski definition) is 1. The molecule has 1 fully saturated rings. The van der Waals surface area contributed by atoms with Gasteiger partial charge in [0.25, 0.3) is 0 Å². The third-order valence-corrected chi connectivity index (χ3v) is 4.50. The van der Waals surface area contributed by atoms with Crippen molar-refractivity contribution in [2.24, 2.45) is 0 Å². The summed E-state index contributed by atoms with van der Waals surface area (Å²) >= 11 is 12.0. The van der Waals surface area contributed by atoms with Gasteiger partial charge in [-0.1, -0.05) is 23.2 Å². The minimum absolute atomic E-state index is 0.171. The first kappa shape index (κ1) is 19.8. The Morgan fingerprint density at radius 3 is 2.12 bits per heavy atom. The first-order chi connectivity index (χ1) is 11.5. The first-order valence-corrected chi connectivity index (χ1v) is 8.79. The van der Waals surface area contributed by atoms with Gasteiger partial charge in [0, 0.05) is 15.6 Å². The molecule has 2 amide bonds. The van der Waals surface area contributed by atoms with Gasteiger partial charge >= 0.3 is 12.2 Å². The van der Waals surface area contributed by atoms with Crippen molar-refractivity contribution in [3.8, 4) is 0 Å². The van der Waals surface area contributed by atoms with Crippen molar-refractivity contribution in [3.63, 3.8) is 0 Å². The number of piperazine rings is 1. The van der Waals surface area contributed by atoms with Crippen LogP contribution in [-0.4, -0.2) is 58.5 Å². The van der Waals surface area contributed by atoms with E-state index in [1.54, 1.807) is 43.9 Å². The molecule has 1 saturated heterocycles. The van der Waals surface area contributed by atoms with Gasteiger partial charge in [0.05, 0.1) is 13.1 Å². The Morgan fingerprint density at radius 2 is 1.68 bits per heavy atom. The number of carboxylic acid groups (broad SMARTS) is 1. The Balaban J connectivity index is 2.10. The molecule has 1 heterocycles. The highest BCUT2D eigenvalue weighted by Gasteiger charge is 2.42. The molecule has 0 saturated carbocycles. The number of halogens is 2. The highest BCUT2D eigenvalue weighted by Crippen LogP contribution is 2.25. The van der Waals surface area contributed by atoms with Gasteiger partial charge in [-0.05, 0) is 39.0 Å². The van der Waals surface area contributed by atoms with E-state index in [4.69, 9.17) is 27.9 Å². The standard InChI is InChI=1S/C17H22Cl2N2O4/c1-17(2,3)25-15(22)20-4-6-21(7-5-20,16(23)24)11-12-8-13(18)10-14(19)9-12/h8-10H,4-7,11H2,1-3H3/p+1. The quantitative estimate of drug-likeness (QED) is 0.768. The molecule has 1 aromatic carbocycles. The van der Waals surface area contributed by atoms with E-state index >= 15 is 0 Å². The van der Waals surface area contributed by atoms with Crippen LogP contribution in [0.25, 0.3) is 0 Å². The first-order valence-electron chi connectivity index (χ1n) is 8.03. The molecule has 6 nitrogen and oxygen atoms in total. The highest BCUT2D eigenvalue weighted by atomic mass is 35.5. The maximum absolute atomic E-state index is 12.2. The van der Waals surface area contributed by atoms with Gasteiger partial charge in [-0.15, -0.1) is 0 Å². The van der Waals surface area contributed by atoms with Gasteiger partial charge in [0.15, 0.2) is 0 Å². The second kappa shape index (κ2) is 7.40. The predicted molar refractivity (Wildman–Crippen MR) is 96.0 cm³/mol. The molecule has 8 heteroatoms. The van der Waals surface area contributed by atoms with E-state index in [9.17, 15) is 14.7 Å². The van der Waals surface area contributed by atoms with Crippen LogP contribution in [0.2, 0.25) is 10.0 Å². The van der Waals surface area contributed by atoms with E-state index in [2.05, 4.69) is 0 Å². The van der Waals surface area contributed by atoms with Crippen LogP contribution in [0.15, 0.2) is 18.2 Å². The van der Waals surface area contributed by atoms with Crippen molar-refractivity contribution in [1.82, 2.24) is 4.90 Å². The fraction of sp³-hybridized carbons (Fsp3) is 0.529. The van der Waals surface area contributed by atoms with Crippen LogP contribution in [0.1, 0.15) is 26.3 Å². The number of quaternary nitrogens is 1. The SMILES string of the molecule is CC(C)(C)OC(=O)N1CC[N+](Cc2cc(Cl)cc(Cl)c2)(C(=O)O)CC1. The van der Waals surface area contributed by atoms with Crippen LogP contribution in [-0.2, 0) is 11.3 Å². The van der Waals surface area contributed by atoms with Gasteiger partial charge in [-0.25, -0.2) is 9.28 Å². The van der Waals surface area contributed by atoms with E-state index in [-0.39, 0.29) is 11.0 Å². The minimum Gasteiger partial charge on any atom is -0.444 e. The lowest BCUT2D eigenvalue weighted by molar-refractivity contribution is -0.874. The van der Waals surface area contributed by atoms with Crippen LogP contribution in [0.4, 0.5) is 9.59 Å². The van der Waals surface area contributed by atoms with E-state index in [1.165, 1.54) is 0 Å². The van der Waals surface area contributed by atoms with Crippen molar-refractivity contribution in [2.75, 3.05) is 26.2 Å². The van der Waals surface area contributed by atoms with Crippen molar-refractivity contribution in [3.05, 3.63) is 33.8 Å². The zero-order valence-electron chi connectivity index (χ0n) is 14.6. The summed E-state index contributed by atoms with van der Waals surface area (Å²) in [4.78, 5) is 25.6. The Morgan fingerprint density at radius 1 is 1.16 bits per heavy atom. The predicted octanol–water partition coefficient (Wildman–Crippen LogP) is 4.24. The molecule has 0 atom stereocenters. The third kappa shape index (κ3) is 5.23. The van der Waals surface area contributed by atoms with Crippen molar-refractivity contribution in [1.29, 1.82) is 0 Å². The minimum atomic E-state index is -0.931. The monoisotopic (exact) mass is 389 g/mol. The molecule has 0 bridgehead atoms. The molecule has 1 aromatic rings. The summed E-state index contributed by atoms with van der Waals surface area (Å²) in [6.45, 7) is 6.88. The number of benzene rings is 1. The highest BCUT2D eigenvalue weighted by molar-refractivity contribution is 6.34. The Bertz CT molecular complexity index is 645. The molecule has 0 radical (unpaired) electrons. The summed E-state index contributed by atoms with van der Waals surface area (Å²) in [6, 6.07) is 5.05. The largest absolute Gasteiger partial charge is 0.513 e. The smallest absolute Gasteiger partial charge is 0.444 e. The fourth-order valence-corrected chi connectivity index (χ4v) is 3.40. The molecule has 0 unspecified atom stereocenters. The van der Waals surface area contributed by atoms with Crippen LogP contribution in [0, 0.1) is 0 Å². The molecule has 2 rings (SSSR count). The maximum Gasteiger partial charge on any atom is 0.513 e. The summed E-state index contributed by atoms with van der Waals surface area (Å²) in [7, 11) is 0. The lowest BCUT2D eigenvalue weighted by Gasteiger charge is -2.40. The van der Waals surface area contributed by atoms with Gasteiger partial charge in [0.2, 0.25) is 0 Å². The average Bonchev–Trinajstić information content (AvgIpc) is 2.44. The number of hydrogen-bond acceptors (Lipinski definition) is 3. The van der Waals surface area contributed by atoms with E-state index in [1.807, 2.05) is 0 Å². The van der Waals surface area contributed by atoms with Crippen molar-refractivity contribution < 1.29 is 23.9 Å². The second-order valence-corrected chi connectivity index (χ2v) is 8.15. The summed E-state index contributed by atoms with van der Waals surface area (Å²) in [5, 5.41) is 10.7. The summed E-state index contributed by atoms with van der Waals surface area (Å²) in [5.74, 6) is 0. The Hall–Kier alpha value is -1.50. The van der Waals surface area contributed by atoms with Gasteiger partial charge in [0.1, 0.15) is 25.2 Å². The number of amides is 2. The van der Waals surface area contributed by atoms with E-state index < -0.39 is 17.8 Å². The number of nitrogens with zero attached hydrogens (tertiary/aromatic N) is 2. The zero-order chi connectivity index (χ0) is 18.8. The number of carbonyl (C=O) groups is 2. The summed E-state index contributed by atoms with van der Waals surface area (Å²) in [6.07, 6.45) is -1.35. The van der Waals surface area contributed by atoms with Gasteiger partial charge < -0.3 is 9.84 Å². The number of ether oxygens (including phenoxy) is 1. The van der Waals surface area contributed by atoms with Crippen LogP contribution >= 0.6 is 23.2 Å². The summed E-state index contributed by atoms with van der Waals surface area (Å²) < 4.78 is 5.18. The molecule has 25 heavy (non-hydrogen) atoms. The molecule has 0 spiro atoms. The second-order valence-electron chi connectivity index (χ2n) is 7.28.